The summed E-state index contributed by atoms with van der Waals surface area (Å²) in [6.45, 7) is 6.33. The van der Waals surface area contributed by atoms with E-state index in [-0.39, 0.29) is 12.2 Å². The van der Waals surface area contributed by atoms with E-state index in [4.69, 9.17) is 42.4 Å². The number of nitrogens with one attached hydrogen (secondary N) is 1. The number of nitrogens with zero attached hydrogens (tertiary/aromatic N) is 3. The summed E-state index contributed by atoms with van der Waals surface area (Å²) in [5.41, 5.74) is 1.42. The number of hydrogen-bond donors (Lipinski definition) is 1. The second-order valence-corrected chi connectivity index (χ2v) is 9.83. The molecule has 0 amide bonds. The first-order chi connectivity index (χ1) is 17.4. The number of halogens is 2. The fraction of sp³-hybridized carbons (Fsp3) is 0.417. The number of aliphatic imine (C=N–C) groups is 1. The van der Waals surface area contributed by atoms with Gasteiger partial charge in [0, 0.05) is 52.5 Å². The molecule has 1 aromatic heterocycles. The number of thiazole rings is 1. The number of carbonyl (C=O) groups excluding carboxylic acids is 2. The maximum Gasteiger partial charge on any atom is 0.347 e. The maximum atomic E-state index is 13.6. The fourth-order valence-corrected chi connectivity index (χ4v) is 4.97. The Bertz CT molecular complexity index is 1170. The quantitative estimate of drug-likeness (QED) is 0.495. The standard InChI is InChI=1S/C24H26Cl2N4O5S/c1-3-34-23(31)14(2)35-24(32)19-18(13-30-7-9-33-10-8-30)28-21(22-27-6-11-36-22)29-20(19)16-5-4-15(25)12-17(16)26/h4-6,11-12,14,20H,3,7-10,13H2,1-2H3,(H,28,29)/t14?,20-/m0/s1. The summed E-state index contributed by atoms with van der Waals surface area (Å²) in [5.74, 6) is -0.804. The van der Waals surface area contributed by atoms with Crippen LogP contribution in [0.2, 0.25) is 10.0 Å². The van der Waals surface area contributed by atoms with Gasteiger partial charge in [0.15, 0.2) is 16.9 Å². The average molecular weight is 553 g/mol. The molecule has 192 valence electrons. The minimum Gasteiger partial charge on any atom is -0.463 e. The zero-order chi connectivity index (χ0) is 25.7. The summed E-state index contributed by atoms with van der Waals surface area (Å²) in [7, 11) is 0. The van der Waals surface area contributed by atoms with Crippen molar-refractivity contribution in [1.29, 1.82) is 0 Å². The zero-order valence-electron chi connectivity index (χ0n) is 19.8. The molecule has 0 radical (unpaired) electrons. The molecule has 1 fully saturated rings. The highest BCUT2D eigenvalue weighted by atomic mass is 35.5. The van der Waals surface area contributed by atoms with E-state index in [1.807, 2.05) is 5.38 Å². The third-order valence-corrected chi connectivity index (χ3v) is 6.97. The summed E-state index contributed by atoms with van der Waals surface area (Å²) >= 11 is 14.1. The Morgan fingerprint density at radius 1 is 1.31 bits per heavy atom. The minimum atomic E-state index is -1.10. The van der Waals surface area contributed by atoms with Crippen molar-refractivity contribution in [3.05, 3.63) is 61.7 Å². The second-order valence-electron chi connectivity index (χ2n) is 8.09. The lowest BCUT2D eigenvalue weighted by atomic mass is 9.95. The van der Waals surface area contributed by atoms with Crippen LogP contribution in [0.5, 0.6) is 0 Å². The minimum absolute atomic E-state index is 0.178. The molecule has 1 aromatic carbocycles. The van der Waals surface area contributed by atoms with Gasteiger partial charge < -0.3 is 19.5 Å². The lowest BCUT2D eigenvalue weighted by Gasteiger charge is -2.32. The van der Waals surface area contributed by atoms with Crippen LogP contribution in [-0.2, 0) is 23.8 Å². The maximum absolute atomic E-state index is 13.6. The Morgan fingerprint density at radius 3 is 2.75 bits per heavy atom. The molecule has 3 heterocycles. The molecule has 36 heavy (non-hydrogen) atoms. The van der Waals surface area contributed by atoms with E-state index >= 15 is 0 Å². The van der Waals surface area contributed by atoms with Gasteiger partial charge in [0.05, 0.1) is 25.4 Å². The lowest BCUT2D eigenvalue weighted by Crippen LogP contribution is -2.43. The lowest BCUT2D eigenvalue weighted by molar-refractivity contribution is -0.164. The van der Waals surface area contributed by atoms with Gasteiger partial charge in [-0.15, -0.1) is 11.3 Å². The van der Waals surface area contributed by atoms with Gasteiger partial charge in [-0.05, 0) is 26.0 Å². The highest BCUT2D eigenvalue weighted by Crippen LogP contribution is 2.37. The van der Waals surface area contributed by atoms with Crippen LogP contribution in [0.25, 0.3) is 0 Å². The van der Waals surface area contributed by atoms with Crippen LogP contribution < -0.4 is 5.32 Å². The van der Waals surface area contributed by atoms with Gasteiger partial charge in [-0.2, -0.15) is 0 Å². The van der Waals surface area contributed by atoms with Crippen molar-refractivity contribution in [2.24, 2.45) is 4.99 Å². The van der Waals surface area contributed by atoms with Crippen molar-refractivity contribution in [1.82, 2.24) is 15.2 Å². The van der Waals surface area contributed by atoms with Crippen LogP contribution >= 0.6 is 34.5 Å². The summed E-state index contributed by atoms with van der Waals surface area (Å²) < 4.78 is 16.0. The topological polar surface area (TPSA) is 102 Å². The van der Waals surface area contributed by atoms with E-state index in [1.54, 1.807) is 31.3 Å². The van der Waals surface area contributed by atoms with Crippen molar-refractivity contribution in [3.8, 4) is 0 Å². The Morgan fingerprint density at radius 2 is 2.08 bits per heavy atom. The molecule has 4 rings (SSSR count). The van der Waals surface area contributed by atoms with Crippen molar-refractivity contribution < 1.29 is 23.8 Å². The first-order valence-electron chi connectivity index (χ1n) is 11.5. The number of ether oxygens (including phenoxy) is 3. The number of aromatic nitrogens is 1. The Kier molecular flexibility index (Phi) is 8.97. The first kappa shape index (κ1) is 26.6. The van der Waals surface area contributed by atoms with Crippen LogP contribution in [0.15, 0.2) is 46.0 Å². The van der Waals surface area contributed by atoms with Crippen LogP contribution in [-0.4, -0.2) is 73.2 Å². The molecule has 1 unspecified atom stereocenters. The molecule has 2 aliphatic heterocycles. The third-order valence-electron chi connectivity index (χ3n) is 5.63. The van der Waals surface area contributed by atoms with Gasteiger partial charge in [0.2, 0.25) is 0 Å². The zero-order valence-corrected chi connectivity index (χ0v) is 22.2. The molecule has 0 bridgehead atoms. The smallest absolute Gasteiger partial charge is 0.347 e. The molecule has 0 aliphatic carbocycles. The van der Waals surface area contributed by atoms with E-state index in [1.165, 1.54) is 18.3 Å². The van der Waals surface area contributed by atoms with E-state index in [9.17, 15) is 9.59 Å². The summed E-state index contributed by atoms with van der Waals surface area (Å²) in [6, 6.07) is 4.21. The number of rotatable bonds is 8. The molecular formula is C24H26Cl2N4O5S. The number of hydrogen-bond acceptors (Lipinski definition) is 10. The van der Waals surface area contributed by atoms with Crippen molar-refractivity contribution >= 4 is 52.3 Å². The summed E-state index contributed by atoms with van der Waals surface area (Å²) in [6.07, 6.45) is 0.588. The second kappa shape index (κ2) is 12.2. The predicted molar refractivity (Wildman–Crippen MR) is 137 cm³/mol. The number of carbonyl (C=O) groups is 2. The molecule has 9 nitrogen and oxygen atoms in total. The monoisotopic (exact) mass is 552 g/mol. The molecule has 12 heteroatoms. The average Bonchev–Trinajstić information content (AvgIpc) is 3.39. The predicted octanol–water partition coefficient (Wildman–Crippen LogP) is 3.62. The summed E-state index contributed by atoms with van der Waals surface area (Å²) in [5, 5.41) is 6.62. The van der Waals surface area contributed by atoms with Crippen molar-refractivity contribution in [2.75, 3.05) is 39.5 Å². The van der Waals surface area contributed by atoms with Crippen LogP contribution in [0.4, 0.5) is 0 Å². The highest BCUT2D eigenvalue weighted by molar-refractivity contribution is 7.11. The van der Waals surface area contributed by atoms with E-state index in [0.717, 1.165) is 0 Å². The number of esters is 2. The van der Waals surface area contributed by atoms with Gasteiger partial charge in [0.25, 0.3) is 0 Å². The van der Waals surface area contributed by atoms with Crippen LogP contribution in [0, 0.1) is 0 Å². The van der Waals surface area contributed by atoms with Crippen LogP contribution in [0.3, 0.4) is 0 Å². The third kappa shape index (κ3) is 6.24. The Hall–Kier alpha value is -2.50. The first-order valence-corrected chi connectivity index (χ1v) is 13.1. The molecule has 1 N–H and O–H groups in total. The SMILES string of the molecule is CCOC(=O)C(C)OC(=O)C1=C(CN2CCOCC2)NC(c2nccs2)=N[C@H]1c1ccc(Cl)cc1Cl. The fourth-order valence-electron chi connectivity index (χ4n) is 3.87. The molecule has 0 spiro atoms. The van der Waals surface area contributed by atoms with Crippen molar-refractivity contribution in [3.63, 3.8) is 0 Å². The normalized spacial score (nSPS) is 19.3. The Labute approximate surface area is 223 Å². The largest absolute Gasteiger partial charge is 0.463 e. The number of amidine groups is 1. The van der Waals surface area contributed by atoms with E-state index in [2.05, 4.69) is 15.2 Å². The number of morpholine rings is 1. The molecule has 2 aromatic rings. The van der Waals surface area contributed by atoms with Gasteiger partial charge in [0.1, 0.15) is 6.04 Å². The highest BCUT2D eigenvalue weighted by Gasteiger charge is 2.36. The van der Waals surface area contributed by atoms with Crippen LogP contribution in [0.1, 0.15) is 30.5 Å². The van der Waals surface area contributed by atoms with Gasteiger partial charge in [-0.1, -0.05) is 29.3 Å². The van der Waals surface area contributed by atoms with Crippen molar-refractivity contribution in [2.45, 2.75) is 26.0 Å². The number of benzene rings is 1. The Balaban J connectivity index is 1.78. The molecule has 2 aliphatic rings. The van der Waals surface area contributed by atoms with Gasteiger partial charge in [-0.25, -0.2) is 14.6 Å². The molecular weight excluding hydrogens is 527 g/mol. The van der Waals surface area contributed by atoms with E-state index < -0.39 is 24.1 Å². The van der Waals surface area contributed by atoms with Gasteiger partial charge >= 0.3 is 11.9 Å². The summed E-state index contributed by atoms with van der Waals surface area (Å²) in [4.78, 5) is 37.2. The van der Waals surface area contributed by atoms with Gasteiger partial charge in [-0.3, -0.25) is 9.89 Å². The molecule has 2 atom stereocenters. The van der Waals surface area contributed by atoms with E-state index in [0.29, 0.717) is 65.0 Å². The molecule has 1 saturated heterocycles. The molecule has 0 saturated carbocycles.